The van der Waals surface area contributed by atoms with Crippen LogP contribution in [0.4, 0.5) is 4.39 Å². The Bertz CT molecular complexity index is 1230. The summed E-state index contributed by atoms with van der Waals surface area (Å²) in [5.74, 6) is -0.700. The minimum absolute atomic E-state index is 0.0372. The fourth-order valence-corrected chi connectivity index (χ4v) is 5.33. The Morgan fingerprint density at radius 3 is 2.85 bits per heavy atom. The molecule has 172 valence electrons. The van der Waals surface area contributed by atoms with Crippen molar-refractivity contribution in [1.82, 2.24) is 9.88 Å². The minimum atomic E-state index is -0.894. The summed E-state index contributed by atoms with van der Waals surface area (Å²) in [5.41, 5.74) is 3.64. The second-order valence-electron chi connectivity index (χ2n) is 8.99. The van der Waals surface area contributed by atoms with Crippen LogP contribution in [0, 0.1) is 11.7 Å². The maximum Gasteiger partial charge on any atom is 0.326 e. The Labute approximate surface area is 191 Å². The number of carbonyl (C=O) groups excluding carboxylic acids is 1. The molecule has 1 aliphatic carbocycles. The van der Waals surface area contributed by atoms with Crippen molar-refractivity contribution in [1.29, 1.82) is 0 Å². The maximum atomic E-state index is 14.1. The zero-order chi connectivity index (χ0) is 23.1. The molecule has 0 saturated heterocycles. The highest BCUT2D eigenvalue weighted by Gasteiger charge is 2.33. The summed E-state index contributed by atoms with van der Waals surface area (Å²) in [6.45, 7) is 2.19. The molecule has 3 atom stereocenters. The molecule has 0 spiro atoms. The van der Waals surface area contributed by atoms with Crippen LogP contribution in [-0.4, -0.2) is 34.2 Å². The topological polar surface area (TPSA) is 80.6 Å². The van der Waals surface area contributed by atoms with Crippen molar-refractivity contribution in [3.05, 3.63) is 65.1 Å². The largest absolute Gasteiger partial charge is 0.492 e. The van der Waals surface area contributed by atoms with Gasteiger partial charge in [-0.05, 0) is 67.5 Å². The molecular formula is C26H27FN2O4. The standard InChI is InChI=1S/C26H27FN2O4/c1-2-21(26(31)32)29-22-9-7-17(27)12-19(22)20-13-18(8-10-23(20)29)28-25(30)16-11-15-5-3-4-6-24(15)33-14-16/h3-7,9,12,16,18,21H,2,8,10-11,13-14H2,1H3,(H,28,30)(H,31,32)/t16-,18-,21?/m0/s1. The molecule has 0 fully saturated rings. The first-order valence-electron chi connectivity index (χ1n) is 11.5. The molecule has 2 aromatic carbocycles. The molecule has 2 aliphatic rings. The van der Waals surface area contributed by atoms with Gasteiger partial charge in [0.15, 0.2) is 0 Å². The highest BCUT2D eigenvalue weighted by atomic mass is 19.1. The summed E-state index contributed by atoms with van der Waals surface area (Å²) in [4.78, 5) is 25.0. The third kappa shape index (κ3) is 3.86. The van der Waals surface area contributed by atoms with Crippen LogP contribution < -0.4 is 10.1 Å². The number of carboxylic acids is 1. The molecule has 1 amide bonds. The van der Waals surface area contributed by atoms with Crippen LogP contribution in [0.25, 0.3) is 10.9 Å². The predicted octanol–water partition coefficient (Wildman–Crippen LogP) is 4.04. The number of carbonyl (C=O) groups is 2. The molecule has 1 aromatic heterocycles. The lowest BCUT2D eigenvalue weighted by atomic mass is 9.90. The number of halogens is 1. The minimum Gasteiger partial charge on any atom is -0.492 e. The van der Waals surface area contributed by atoms with Gasteiger partial charge in [0.1, 0.15) is 24.2 Å². The zero-order valence-corrected chi connectivity index (χ0v) is 18.5. The van der Waals surface area contributed by atoms with Gasteiger partial charge >= 0.3 is 5.97 Å². The van der Waals surface area contributed by atoms with E-state index >= 15 is 0 Å². The van der Waals surface area contributed by atoms with Crippen LogP contribution in [0.1, 0.15) is 42.6 Å². The Kier molecular flexibility index (Phi) is 5.56. The monoisotopic (exact) mass is 450 g/mol. The van der Waals surface area contributed by atoms with Crippen molar-refractivity contribution in [2.24, 2.45) is 5.92 Å². The van der Waals surface area contributed by atoms with Crippen LogP contribution >= 0.6 is 0 Å². The molecule has 1 unspecified atom stereocenters. The predicted molar refractivity (Wildman–Crippen MR) is 122 cm³/mol. The Hall–Kier alpha value is -3.35. The average molecular weight is 451 g/mol. The summed E-state index contributed by atoms with van der Waals surface area (Å²) in [5, 5.41) is 13.7. The Balaban J connectivity index is 1.40. The maximum absolute atomic E-state index is 14.1. The van der Waals surface area contributed by atoms with Gasteiger partial charge in [0.2, 0.25) is 5.91 Å². The summed E-state index contributed by atoms with van der Waals surface area (Å²) in [7, 11) is 0. The second-order valence-corrected chi connectivity index (χ2v) is 8.99. The highest BCUT2D eigenvalue weighted by molar-refractivity contribution is 5.88. The number of ether oxygens (including phenoxy) is 1. The molecule has 6 nitrogen and oxygen atoms in total. The van der Waals surface area contributed by atoms with Gasteiger partial charge in [-0.3, -0.25) is 4.79 Å². The first-order valence-corrected chi connectivity index (χ1v) is 11.5. The molecular weight excluding hydrogens is 423 g/mol. The SMILES string of the molecule is CCC(C(=O)O)n1c2c(c3cc(F)ccc31)C[C@@H](NC(=O)[C@@H]1COc3ccccc3C1)CC2. The molecule has 0 saturated carbocycles. The van der Waals surface area contributed by atoms with E-state index in [1.807, 2.05) is 35.8 Å². The van der Waals surface area contributed by atoms with Crippen LogP contribution in [0.5, 0.6) is 5.75 Å². The molecule has 0 bridgehead atoms. The molecule has 1 aliphatic heterocycles. The normalized spacial score (nSPS) is 20.4. The van der Waals surface area contributed by atoms with E-state index in [-0.39, 0.29) is 23.7 Å². The van der Waals surface area contributed by atoms with Crippen molar-refractivity contribution in [2.45, 2.75) is 51.1 Å². The van der Waals surface area contributed by atoms with Crippen molar-refractivity contribution >= 4 is 22.8 Å². The van der Waals surface area contributed by atoms with Gasteiger partial charge in [0.25, 0.3) is 0 Å². The van der Waals surface area contributed by atoms with Gasteiger partial charge in [-0.1, -0.05) is 25.1 Å². The van der Waals surface area contributed by atoms with E-state index in [9.17, 15) is 19.1 Å². The van der Waals surface area contributed by atoms with Gasteiger partial charge in [-0.15, -0.1) is 0 Å². The Morgan fingerprint density at radius 1 is 1.24 bits per heavy atom. The van der Waals surface area contributed by atoms with Crippen molar-refractivity contribution in [3.8, 4) is 5.75 Å². The van der Waals surface area contributed by atoms with E-state index in [4.69, 9.17) is 4.74 Å². The summed E-state index contributed by atoms with van der Waals surface area (Å²) in [6.07, 6.45) is 2.96. The molecule has 33 heavy (non-hydrogen) atoms. The van der Waals surface area contributed by atoms with Gasteiger partial charge in [-0.25, -0.2) is 9.18 Å². The van der Waals surface area contributed by atoms with Crippen LogP contribution in [0.2, 0.25) is 0 Å². The highest BCUT2D eigenvalue weighted by Crippen LogP contribution is 2.36. The number of para-hydroxylation sites is 1. The number of hydrogen-bond acceptors (Lipinski definition) is 3. The van der Waals surface area contributed by atoms with E-state index < -0.39 is 12.0 Å². The number of nitrogens with zero attached hydrogens (tertiary/aromatic N) is 1. The summed E-state index contributed by atoms with van der Waals surface area (Å²) < 4.78 is 21.8. The number of rotatable bonds is 5. The van der Waals surface area contributed by atoms with Gasteiger partial charge in [0, 0.05) is 22.6 Å². The smallest absolute Gasteiger partial charge is 0.326 e. The number of nitrogens with one attached hydrogen (secondary N) is 1. The number of aromatic nitrogens is 1. The zero-order valence-electron chi connectivity index (χ0n) is 18.5. The molecule has 0 radical (unpaired) electrons. The summed E-state index contributed by atoms with van der Waals surface area (Å²) in [6, 6.07) is 11.5. The first kappa shape index (κ1) is 21.5. The van der Waals surface area contributed by atoms with Crippen molar-refractivity contribution in [3.63, 3.8) is 0 Å². The van der Waals surface area contributed by atoms with Gasteiger partial charge < -0.3 is 19.7 Å². The van der Waals surface area contributed by atoms with Crippen LogP contribution in [0.15, 0.2) is 42.5 Å². The third-order valence-electron chi connectivity index (χ3n) is 6.94. The molecule has 7 heteroatoms. The molecule has 3 aromatic rings. The third-order valence-corrected chi connectivity index (χ3v) is 6.94. The van der Waals surface area contributed by atoms with Crippen molar-refractivity contribution < 1.29 is 23.8 Å². The van der Waals surface area contributed by atoms with E-state index in [1.165, 1.54) is 12.1 Å². The van der Waals surface area contributed by atoms with Crippen molar-refractivity contribution in [2.75, 3.05) is 6.61 Å². The second kappa shape index (κ2) is 8.54. The van der Waals surface area contributed by atoms with Crippen LogP contribution in [0.3, 0.4) is 0 Å². The average Bonchev–Trinajstić information content (AvgIpc) is 3.12. The number of hydrogen-bond donors (Lipinski definition) is 2. The molecule has 2 heterocycles. The lowest BCUT2D eigenvalue weighted by molar-refractivity contribution is -0.141. The van der Waals surface area contributed by atoms with E-state index in [0.29, 0.717) is 38.7 Å². The van der Waals surface area contributed by atoms with E-state index in [0.717, 1.165) is 33.5 Å². The lowest BCUT2D eigenvalue weighted by Gasteiger charge is -2.29. The summed E-state index contributed by atoms with van der Waals surface area (Å²) >= 11 is 0. The van der Waals surface area contributed by atoms with E-state index in [1.54, 1.807) is 6.07 Å². The lowest BCUT2D eigenvalue weighted by Crippen LogP contribution is -2.45. The van der Waals surface area contributed by atoms with E-state index in [2.05, 4.69) is 5.32 Å². The number of amides is 1. The fourth-order valence-electron chi connectivity index (χ4n) is 5.33. The molecule has 2 N–H and O–H groups in total. The number of aliphatic carboxylic acids is 1. The van der Waals surface area contributed by atoms with Crippen LogP contribution in [-0.2, 0) is 28.9 Å². The number of benzene rings is 2. The number of carboxylic acid groups (broad SMARTS) is 1. The fraction of sp³-hybridized carbons (Fsp3) is 0.385. The Morgan fingerprint density at radius 2 is 2.06 bits per heavy atom. The van der Waals surface area contributed by atoms with Gasteiger partial charge in [0.05, 0.1) is 5.92 Å². The first-order chi connectivity index (χ1) is 16.0. The number of fused-ring (bicyclic) bond motifs is 4. The molecule has 5 rings (SSSR count). The van der Waals surface area contributed by atoms with Gasteiger partial charge in [-0.2, -0.15) is 0 Å². The quantitative estimate of drug-likeness (QED) is 0.615.